The molecule has 1 amide bonds. The zero-order valence-corrected chi connectivity index (χ0v) is 13.4. The Morgan fingerprint density at radius 2 is 1.83 bits per heavy atom. The van der Waals surface area contributed by atoms with E-state index in [1.165, 1.54) is 36.3 Å². The molecule has 0 heterocycles. The number of amides is 1. The van der Waals surface area contributed by atoms with Gasteiger partial charge in [-0.05, 0) is 32.9 Å². The minimum Gasteiger partial charge on any atom is -0.459 e. The van der Waals surface area contributed by atoms with Crippen LogP contribution in [-0.2, 0) is 9.53 Å². The maximum absolute atomic E-state index is 11.6. The minimum atomic E-state index is -0.829. The number of carbonyl (C=O) groups is 2. The molecular weight excluding hydrogens is 306 g/mol. The van der Waals surface area contributed by atoms with E-state index in [9.17, 15) is 19.7 Å². The van der Waals surface area contributed by atoms with Gasteiger partial charge in [0.25, 0.3) is 5.69 Å². The quantitative estimate of drug-likeness (QED) is 0.499. The standard InChI is InChI=1S/C14H19N3O6/c1-14(2,3)23-12(18)9-16(4)15-13(19)22-11-7-5-10(6-8-11)17(20)21/h5-8H,9H2,1-4H3,(H,15,19). The minimum absolute atomic E-state index is 0.111. The number of nitro groups is 1. The molecule has 0 aliphatic heterocycles. The van der Waals surface area contributed by atoms with Crippen LogP contribution in [0.3, 0.4) is 0 Å². The van der Waals surface area contributed by atoms with Crippen LogP contribution in [-0.4, -0.2) is 41.2 Å². The number of hydrazine groups is 1. The molecule has 0 aromatic heterocycles. The van der Waals surface area contributed by atoms with Crippen molar-refractivity contribution >= 4 is 17.7 Å². The first-order valence-corrected chi connectivity index (χ1v) is 6.73. The van der Waals surface area contributed by atoms with Crippen LogP contribution in [0.5, 0.6) is 5.75 Å². The van der Waals surface area contributed by atoms with E-state index < -0.39 is 22.6 Å². The molecule has 1 rings (SSSR count). The summed E-state index contributed by atoms with van der Waals surface area (Å²) in [5.74, 6) is -0.366. The molecule has 1 N–H and O–H groups in total. The Balaban J connectivity index is 2.46. The fourth-order valence-corrected chi connectivity index (χ4v) is 1.53. The van der Waals surface area contributed by atoms with E-state index in [1.807, 2.05) is 0 Å². The third kappa shape index (κ3) is 7.23. The summed E-state index contributed by atoms with van der Waals surface area (Å²) in [5.41, 5.74) is 1.59. The smallest absolute Gasteiger partial charge is 0.427 e. The van der Waals surface area contributed by atoms with Gasteiger partial charge in [0.15, 0.2) is 0 Å². The van der Waals surface area contributed by atoms with Crippen LogP contribution in [0.1, 0.15) is 20.8 Å². The third-order valence-electron chi connectivity index (χ3n) is 2.33. The van der Waals surface area contributed by atoms with Gasteiger partial charge in [0.1, 0.15) is 17.9 Å². The Labute approximate surface area is 133 Å². The second kappa shape index (κ2) is 7.54. The summed E-state index contributed by atoms with van der Waals surface area (Å²) < 4.78 is 10.0. The topological polar surface area (TPSA) is 111 Å². The van der Waals surface area contributed by atoms with E-state index in [1.54, 1.807) is 20.8 Å². The summed E-state index contributed by atoms with van der Waals surface area (Å²) in [6.07, 6.45) is -0.829. The van der Waals surface area contributed by atoms with Crippen molar-refractivity contribution in [3.05, 3.63) is 34.4 Å². The lowest BCUT2D eigenvalue weighted by Gasteiger charge is -2.22. The van der Waals surface area contributed by atoms with Crippen LogP contribution >= 0.6 is 0 Å². The van der Waals surface area contributed by atoms with Gasteiger partial charge in [0.2, 0.25) is 0 Å². The van der Waals surface area contributed by atoms with Crippen molar-refractivity contribution in [2.45, 2.75) is 26.4 Å². The molecule has 0 spiro atoms. The molecule has 0 fully saturated rings. The fourth-order valence-electron chi connectivity index (χ4n) is 1.53. The van der Waals surface area contributed by atoms with Crippen molar-refractivity contribution < 1.29 is 24.0 Å². The molecule has 126 valence electrons. The highest BCUT2D eigenvalue weighted by Crippen LogP contribution is 2.17. The van der Waals surface area contributed by atoms with Crippen LogP contribution in [0.25, 0.3) is 0 Å². The zero-order valence-electron chi connectivity index (χ0n) is 13.4. The summed E-state index contributed by atoms with van der Waals surface area (Å²) in [5, 5.41) is 11.7. The van der Waals surface area contributed by atoms with Crippen molar-refractivity contribution in [3.63, 3.8) is 0 Å². The fraction of sp³-hybridized carbons (Fsp3) is 0.429. The summed E-state index contributed by atoms with van der Waals surface area (Å²) >= 11 is 0. The molecular formula is C14H19N3O6. The van der Waals surface area contributed by atoms with Gasteiger partial charge in [-0.3, -0.25) is 20.3 Å². The van der Waals surface area contributed by atoms with Crippen molar-refractivity contribution in [2.75, 3.05) is 13.6 Å². The molecule has 0 aliphatic rings. The number of rotatable bonds is 5. The van der Waals surface area contributed by atoms with Crippen LogP contribution in [0.4, 0.5) is 10.5 Å². The molecule has 0 saturated carbocycles. The first-order valence-electron chi connectivity index (χ1n) is 6.73. The number of benzene rings is 1. The average molecular weight is 325 g/mol. The highest BCUT2D eigenvalue weighted by Gasteiger charge is 2.18. The van der Waals surface area contributed by atoms with Gasteiger partial charge in [-0.15, -0.1) is 0 Å². The van der Waals surface area contributed by atoms with Crippen molar-refractivity contribution in [1.82, 2.24) is 10.4 Å². The summed E-state index contributed by atoms with van der Waals surface area (Å²) in [6, 6.07) is 5.03. The maximum atomic E-state index is 11.6. The maximum Gasteiger partial charge on any atom is 0.427 e. The van der Waals surface area contributed by atoms with Crippen LogP contribution < -0.4 is 10.2 Å². The SMILES string of the molecule is CN(CC(=O)OC(C)(C)C)NC(=O)Oc1ccc([N+](=O)[O-])cc1. The van der Waals surface area contributed by atoms with Gasteiger partial charge in [0.05, 0.1) is 4.92 Å². The number of nitrogens with zero attached hydrogens (tertiary/aromatic N) is 2. The van der Waals surface area contributed by atoms with Gasteiger partial charge in [-0.1, -0.05) is 0 Å². The molecule has 0 atom stereocenters. The van der Waals surface area contributed by atoms with Gasteiger partial charge < -0.3 is 9.47 Å². The molecule has 0 unspecified atom stereocenters. The van der Waals surface area contributed by atoms with E-state index >= 15 is 0 Å². The lowest BCUT2D eigenvalue weighted by atomic mass is 10.2. The van der Waals surface area contributed by atoms with Gasteiger partial charge in [0, 0.05) is 19.2 Å². The van der Waals surface area contributed by atoms with Gasteiger partial charge in [-0.25, -0.2) is 9.80 Å². The molecule has 1 aromatic rings. The number of ether oxygens (including phenoxy) is 2. The van der Waals surface area contributed by atoms with Crippen molar-refractivity contribution in [2.24, 2.45) is 0 Å². The second-order valence-corrected chi connectivity index (χ2v) is 5.69. The first-order chi connectivity index (χ1) is 10.6. The van der Waals surface area contributed by atoms with Crippen LogP contribution in [0.2, 0.25) is 0 Å². The Hall–Kier alpha value is -2.68. The van der Waals surface area contributed by atoms with Crippen LogP contribution in [0, 0.1) is 10.1 Å². The highest BCUT2D eigenvalue weighted by atomic mass is 16.6. The zero-order chi connectivity index (χ0) is 17.6. The number of carbonyl (C=O) groups excluding carboxylic acids is 2. The largest absolute Gasteiger partial charge is 0.459 e. The van der Waals surface area contributed by atoms with E-state index in [0.717, 1.165) is 0 Å². The molecule has 9 nitrogen and oxygen atoms in total. The van der Waals surface area contributed by atoms with E-state index in [2.05, 4.69) is 5.43 Å². The lowest BCUT2D eigenvalue weighted by Crippen LogP contribution is -2.44. The monoisotopic (exact) mass is 325 g/mol. The summed E-state index contributed by atoms with van der Waals surface area (Å²) in [7, 11) is 1.47. The molecule has 23 heavy (non-hydrogen) atoms. The van der Waals surface area contributed by atoms with Crippen molar-refractivity contribution in [3.8, 4) is 5.75 Å². The Morgan fingerprint density at radius 3 is 2.30 bits per heavy atom. The number of likely N-dealkylation sites (N-methyl/N-ethyl adjacent to an activating group) is 1. The van der Waals surface area contributed by atoms with E-state index in [-0.39, 0.29) is 18.0 Å². The molecule has 0 saturated heterocycles. The van der Waals surface area contributed by atoms with Gasteiger partial charge in [-0.2, -0.15) is 0 Å². The first kappa shape index (κ1) is 18.4. The van der Waals surface area contributed by atoms with Crippen molar-refractivity contribution in [1.29, 1.82) is 0 Å². The third-order valence-corrected chi connectivity index (χ3v) is 2.33. The Morgan fingerprint density at radius 1 is 1.26 bits per heavy atom. The summed E-state index contributed by atoms with van der Waals surface area (Å²) in [6.45, 7) is 5.05. The molecule has 1 aromatic carbocycles. The number of esters is 1. The number of nitro benzene ring substituents is 1. The molecule has 0 aliphatic carbocycles. The molecule has 0 bridgehead atoms. The number of non-ortho nitro benzene ring substituents is 1. The lowest BCUT2D eigenvalue weighted by molar-refractivity contribution is -0.384. The number of hydrogen-bond donors (Lipinski definition) is 1. The second-order valence-electron chi connectivity index (χ2n) is 5.69. The Bertz CT molecular complexity index is 579. The van der Waals surface area contributed by atoms with Gasteiger partial charge >= 0.3 is 12.1 Å². The summed E-state index contributed by atoms with van der Waals surface area (Å²) in [4.78, 5) is 33.2. The van der Waals surface area contributed by atoms with E-state index in [4.69, 9.17) is 9.47 Å². The normalized spacial score (nSPS) is 11.0. The van der Waals surface area contributed by atoms with Crippen LogP contribution in [0.15, 0.2) is 24.3 Å². The average Bonchev–Trinajstić information content (AvgIpc) is 2.36. The highest BCUT2D eigenvalue weighted by molar-refractivity contribution is 5.73. The van der Waals surface area contributed by atoms with E-state index in [0.29, 0.717) is 0 Å². The predicted octanol–water partition coefficient (Wildman–Crippen LogP) is 1.87. The predicted molar refractivity (Wildman–Crippen MR) is 80.7 cm³/mol. The number of nitrogens with one attached hydrogen (secondary N) is 1. The molecule has 9 heteroatoms. The number of hydrogen-bond acceptors (Lipinski definition) is 7. The Kier molecular flexibility index (Phi) is 6.02. The molecule has 0 radical (unpaired) electrons.